The van der Waals surface area contributed by atoms with Crippen LogP contribution in [0.1, 0.15) is 31.7 Å². The molecule has 22 heavy (non-hydrogen) atoms. The number of nitrogens with two attached hydrogens (primary N) is 1. The maximum atomic E-state index is 12.8. The molecule has 0 unspecified atom stereocenters. The second-order valence-electron chi connectivity index (χ2n) is 6.01. The minimum absolute atomic E-state index is 0.0582. The van der Waals surface area contributed by atoms with Crippen molar-refractivity contribution in [2.75, 3.05) is 0 Å². The van der Waals surface area contributed by atoms with E-state index in [0.717, 1.165) is 5.56 Å². The van der Waals surface area contributed by atoms with Crippen molar-refractivity contribution in [3.8, 4) is 6.07 Å². The van der Waals surface area contributed by atoms with E-state index in [4.69, 9.17) is 10.5 Å². The van der Waals surface area contributed by atoms with E-state index >= 15 is 0 Å². The van der Waals surface area contributed by atoms with E-state index in [1.54, 1.807) is 0 Å². The number of hydrogen-bond acceptors (Lipinski definition) is 4. The first-order chi connectivity index (χ1) is 10.5. The van der Waals surface area contributed by atoms with Gasteiger partial charge in [-0.05, 0) is 11.5 Å². The Morgan fingerprint density at radius 1 is 1.27 bits per heavy atom. The SMILES string of the molecule is C[C@H]1CC2=C(C(=O)[C@@H]1C)[C@H](c1ccccc1)C(C#N)=C(N)O2. The van der Waals surface area contributed by atoms with Gasteiger partial charge in [-0.25, -0.2) is 0 Å². The molecule has 3 atom stereocenters. The zero-order valence-corrected chi connectivity index (χ0v) is 12.7. The van der Waals surface area contributed by atoms with Crippen LogP contribution in [-0.4, -0.2) is 5.78 Å². The van der Waals surface area contributed by atoms with Crippen LogP contribution in [0.4, 0.5) is 0 Å². The lowest BCUT2D eigenvalue weighted by atomic mass is 9.71. The van der Waals surface area contributed by atoms with Gasteiger partial charge in [0.05, 0.1) is 5.92 Å². The number of nitrogens with zero attached hydrogens (tertiary/aromatic N) is 1. The molecule has 4 heteroatoms. The second-order valence-corrected chi connectivity index (χ2v) is 6.01. The highest BCUT2D eigenvalue weighted by Gasteiger charge is 2.42. The molecule has 1 heterocycles. The van der Waals surface area contributed by atoms with Crippen molar-refractivity contribution in [1.29, 1.82) is 5.26 Å². The topological polar surface area (TPSA) is 76.1 Å². The van der Waals surface area contributed by atoms with Crippen LogP contribution in [0.3, 0.4) is 0 Å². The normalized spacial score (nSPS) is 28.0. The summed E-state index contributed by atoms with van der Waals surface area (Å²) >= 11 is 0. The Morgan fingerprint density at radius 3 is 2.59 bits per heavy atom. The van der Waals surface area contributed by atoms with E-state index in [9.17, 15) is 10.1 Å². The molecule has 0 spiro atoms. The highest BCUT2D eigenvalue weighted by Crippen LogP contribution is 2.45. The van der Waals surface area contributed by atoms with Gasteiger partial charge in [0.15, 0.2) is 5.78 Å². The van der Waals surface area contributed by atoms with Crippen molar-refractivity contribution in [2.24, 2.45) is 17.6 Å². The minimum Gasteiger partial charge on any atom is -0.444 e. The zero-order valence-electron chi connectivity index (χ0n) is 12.7. The molecule has 0 saturated heterocycles. The Labute approximate surface area is 129 Å². The fraction of sp³-hybridized carbons (Fsp3) is 0.333. The number of carbonyl (C=O) groups is 1. The lowest BCUT2D eigenvalue weighted by Gasteiger charge is -2.35. The number of benzene rings is 1. The first kappa shape index (κ1) is 14.4. The van der Waals surface area contributed by atoms with Crippen molar-refractivity contribution in [1.82, 2.24) is 0 Å². The van der Waals surface area contributed by atoms with E-state index in [0.29, 0.717) is 23.3 Å². The Balaban J connectivity index is 2.19. The van der Waals surface area contributed by atoms with E-state index in [-0.39, 0.29) is 23.5 Å². The first-order valence-electron chi connectivity index (χ1n) is 7.44. The molecule has 112 valence electrons. The van der Waals surface area contributed by atoms with Gasteiger partial charge in [-0.1, -0.05) is 44.2 Å². The number of rotatable bonds is 1. The second kappa shape index (κ2) is 5.34. The van der Waals surface area contributed by atoms with Crippen LogP contribution in [-0.2, 0) is 9.53 Å². The molecular weight excluding hydrogens is 276 g/mol. The van der Waals surface area contributed by atoms with Crippen LogP contribution >= 0.6 is 0 Å². The highest BCUT2D eigenvalue weighted by molar-refractivity contribution is 6.01. The fourth-order valence-electron chi connectivity index (χ4n) is 3.19. The molecule has 0 amide bonds. The molecule has 3 rings (SSSR count). The molecule has 0 fully saturated rings. The lowest BCUT2D eigenvalue weighted by Crippen LogP contribution is -2.34. The van der Waals surface area contributed by atoms with Gasteiger partial charge in [0.2, 0.25) is 5.88 Å². The predicted octanol–water partition coefficient (Wildman–Crippen LogP) is 2.99. The Morgan fingerprint density at radius 2 is 1.95 bits per heavy atom. The number of ketones is 1. The van der Waals surface area contributed by atoms with E-state index in [1.165, 1.54) is 0 Å². The van der Waals surface area contributed by atoms with Crippen LogP contribution in [0.2, 0.25) is 0 Å². The molecule has 0 radical (unpaired) electrons. The minimum atomic E-state index is -0.419. The van der Waals surface area contributed by atoms with Gasteiger partial charge in [-0.3, -0.25) is 4.79 Å². The smallest absolute Gasteiger partial charge is 0.205 e. The van der Waals surface area contributed by atoms with Gasteiger partial charge in [-0.15, -0.1) is 0 Å². The number of nitriles is 1. The quantitative estimate of drug-likeness (QED) is 0.863. The summed E-state index contributed by atoms with van der Waals surface area (Å²) in [5.41, 5.74) is 7.75. The number of Topliss-reactive ketones (excluding diaryl/α,β-unsaturated/α-hetero) is 1. The maximum absolute atomic E-state index is 12.8. The van der Waals surface area contributed by atoms with E-state index < -0.39 is 5.92 Å². The lowest BCUT2D eigenvalue weighted by molar-refractivity contribution is -0.121. The summed E-state index contributed by atoms with van der Waals surface area (Å²) in [5.74, 6) is 0.512. The Kier molecular flexibility index (Phi) is 3.50. The van der Waals surface area contributed by atoms with Gasteiger partial charge in [0, 0.05) is 17.9 Å². The van der Waals surface area contributed by atoms with Gasteiger partial charge in [0.25, 0.3) is 0 Å². The summed E-state index contributed by atoms with van der Waals surface area (Å²) in [4.78, 5) is 12.8. The van der Waals surface area contributed by atoms with Crippen molar-refractivity contribution < 1.29 is 9.53 Å². The number of carbonyl (C=O) groups excluding carboxylic acids is 1. The first-order valence-corrected chi connectivity index (χ1v) is 7.44. The van der Waals surface area contributed by atoms with Crippen LogP contribution in [0.5, 0.6) is 0 Å². The van der Waals surface area contributed by atoms with Crippen molar-refractivity contribution in [3.63, 3.8) is 0 Å². The monoisotopic (exact) mass is 294 g/mol. The maximum Gasteiger partial charge on any atom is 0.205 e. The molecule has 0 bridgehead atoms. The summed E-state index contributed by atoms with van der Waals surface area (Å²) in [7, 11) is 0. The summed E-state index contributed by atoms with van der Waals surface area (Å²) < 4.78 is 5.63. The van der Waals surface area contributed by atoms with Crippen molar-refractivity contribution >= 4 is 5.78 Å². The van der Waals surface area contributed by atoms with Crippen molar-refractivity contribution in [3.05, 3.63) is 58.7 Å². The number of ether oxygens (including phenoxy) is 1. The van der Waals surface area contributed by atoms with Crippen LogP contribution < -0.4 is 5.73 Å². The standard InChI is InChI=1S/C18H18N2O2/c1-10-8-14-16(17(21)11(10)2)15(12-6-4-3-5-7-12)13(9-19)18(20)22-14/h3-7,10-11,15H,8,20H2,1-2H3/t10-,11+,15+/m0/s1. The Hall–Kier alpha value is -2.54. The summed E-state index contributed by atoms with van der Waals surface area (Å²) in [6.07, 6.45) is 0.672. The molecule has 2 aliphatic rings. The summed E-state index contributed by atoms with van der Waals surface area (Å²) in [6, 6.07) is 11.7. The van der Waals surface area contributed by atoms with E-state index in [2.05, 4.69) is 6.07 Å². The average molecular weight is 294 g/mol. The third-order valence-electron chi connectivity index (χ3n) is 4.67. The third-order valence-corrected chi connectivity index (χ3v) is 4.67. The fourth-order valence-corrected chi connectivity index (χ4v) is 3.19. The summed E-state index contributed by atoms with van der Waals surface area (Å²) in [5, 5.41) is 9.49. The van der Waals surface area contributed by atoms with E-state index in [1.807, 2.05) is 44.2 Å². The average Bonchev–Trinajstić information content (AvgIpc) is 2.52. The summed E-state index contributed by atoms with van der Waals surface area (Å²) in [6.45, 7) is 3.97. The predicted molar refractivity (Wildman–Crippen MR) is 82.1 cm³/mol. The van der Waals surface area contributed by atoms with Crippen LogP contribution in [0.25, 0.3) is 0 Å². The molecule has 1 aliphatic heterocycles. The molecule has 0 saturated carbocycles. The van der Waals surface area contributed by atoms with Gasteiger partial charge in [0.1, 0.15) is 17.4 Å². The number of allylic oxidation sites excluding steroid dienone is 3. The molecule has 1 aromatic rings. The van der Waals surface area contributed by atoms with Crippen molar-refractivity contribution in [2.45, 2.75) is 26.2 Å². The molecule has 4 nitrogen and oxygen atoms in total. The van der Waals surface area contributed by atoms with Gasteiger partial charge in [-0.2, -0.15) is 5.26 Å². The van der Waals surface area contributed by atoms with Gasteiger partial charge < -0.3 is 10.5 Å². The highest BCUT2D eigenvalue weighted by atomic mass is 16.5. The number of hydrogen-bond donors (Lipinski definition) is 1. The molecule has 2 N–H and O–H groups in total. The van der Waals surface area contributed by atoms with Gasteiger partial charge >= 0.3 is 0 Å². The molecule has 1 aromatic carbocycles. The third kappa shape index (κ3) is 2.10. The molecule has 1 aliphatic carbocycles. The Bertz CT molecular complexity index is 725. The largest absolute Gasteiger partial charge is 0.444 e. The van der Waals surface area contributed by atoms with Crippen LogP contribution in [0.15, 0.2) is 53.1 Å². The molecular formula is C18H18N2O2. The van der Waals surface area contributed by atoms with Crippen LogP contribution in [0, 0.1) is 23.2 Å². The molecule has 0 aromatic heterocycles. The zero-order chi connectivity index (χ0) is 15.9.